The normalized spacial score (nSPS) is 11.3. The number of fused-ring (bicyclic) bond motifs is 1. The molecule has 4 rings (SSSR count). The van der Waals surface area contributed by atoms with E-state index in [1.54, 1.807) is 36.0 Å². The molecule has 0 aliphatic rings. The summed E-state index contributed by atoms with van der Waals surface area (Å²) in [5.41, 5.74) is 2.89. The highest BCUT2D eigenvalue weighted by atomic mass is 35.5. The van der Waals surface area contributed by atoms with Gasteiger partial charge in [0.25, 0.3) is 0 Å². The number of halogens is 2. The number of anilines is 1. The van der Waals surface area contributed by atoms with E-state index in [1.807, 2.05) is 12.1 Å². The van der Waals surface area contributed by atoms with Crippen LogP contribution in [0.5, 0.6) is 11.5 Å². The number of ether oxygens (including phenoxy) is 2. The highest BCUT2D eigenvalue weighted by Gasteiger charge is 2.17. The lowest BCUT2D eigenvalue weighted by Crippen LogP contribution is -2.13. The Morgan fingerprint density at radius 3 is 2.72 bits per heavy atom. The Kier molecular flexibility index (Phi) is 7.49. The second-order valence-corrected chi connectivity index (χ2v) is 10.2. The summed E-state index contributed by atoms with van der Waals surface area (Å²) in [5.74, 6) is 1.10. The minimum absolute atomic E-state index is 0.0280. The molecular formula is C23H20Cl2N6O4S. The van der Waals surface area contributed by atoms with Crippen LogP contribution in [-0.2, 0) is 23.7 Å². The molecule has 2 aromatic carbocycles. The van der Waals surface area contributed by atoms with Crippen LogP contribution >= 0.6 is 23.2 Å². The third-order valence-electron chi connectivity index (χ3n) is 4.96. The molecule has 36 heavy (non-hydrogen) atoms. The van der Waals surface area contributed by atoms with Gasteiger partial charge in [-0.15, -0.1) is 11.6 Å². The maximum Gasteiger partial charge on any atom is 0.236 e. The smallest absolute Gasteiger partial charge is 0.236 e. The minimum atomic E-state index is -3.49. The summed E-state index contributed by atoms with van der Waals surface area (Å²) in [6.07, 6.45) is 2.47. The average molecular weight is 547 g/mol. The molecule has 1 N–H and O–H groups in total. The second kappa shape index (κ2) is 10.6. The molecule has 0 aliphatic carbocycles. The van der Waals surface area contributed by atoms with Gasteiger partial charge in [0.2, 0.25) is 16.0 Å². The summed E-state index contributed by atoms with van der Waals surface area (Å²) < 4.78 is 38.1. The molecule has 0 saturated heterocycles. The van der Waals surface area contributed by atoms with Crippen LogP contribution in [0.4, 0.5) is 5.95 Å². The summed E-state index contributed by atoms with van der Waals surface area (Å²) in [5, 5.41) is 15.3. The molecule has 0 bridgehead atoms. The Morgan fingerprint density at radius 1 is 1.19 bits per heavy atom. The molecule has 10 nitrogen and oxygen atoms in total. The molecule has 0 amide bonds. The largest absolute Gasteiger partial charge is 0.489 e. The van der Waals surface area contributed by atoms with Crippen molar-refractivity contribution in [3.63, 3.8) is 0 Å². The van der Waals surface area contributed by atoms with Crippen LogP contribution in [0.3, 0.4) is 0 Å². The molecule has 0 fully saturated rings. The standard InChI is InChI=1S/C23H20Cl2N6O4S/c1-31-20-11-17(35-13-16-5-7-27-23(28-16)30-36(2,32)33)3-4-18(20)21(29-31)14-9-15(12-26)22(19(25)10-14)34-8-6-24/h3-5,7,9-11H,6,8,13H2,1-2H3,(H,27,28,30). The van der Waals surface area contributed by atoms with E-state index < -0.39 is 10.0 Å². The van der Waals surface area contributed by atoms with Gasteiger partial charge in [0.05, 0.1) is 33.9 Å². The number of aromatic nitrogens is 4. The summed E-state index contributed by atoms with van der Waals surface area (Å²) >= 11 is 12.1. The van der Waals surface area contributed by atoms with Crippen LogP contribution in [0.15, 0.2) is 42.6 Å². The van der Waals surface area contributed by atoms with E-state index in [0.717, 1.165) is 17.2 Å². The van der Waals surface area contributed by atoms with Crippen LogP contribution in [0.2, 0.25) is 5.02 Å². The van der Waals surface area contributed by atoms with Crippen molar-refractivity contribution in [3.8, 4) is 28.8 Å². The van der Waals surface area contributed by atoms with E-state index in [4.69, 9.17) is 32.7 Å². The SMILES string of the molecule is Cn1nc(-c2cc(Cl)c(OCCCl)c(C#N)c2)c2ccc(OCc3ccnc(NS(C)(=O)=O)n3)cc21. The molecule has 4 aromatic rings. The van der Waals surface area contributed by atoms with E-state index in [0.29, 0.717) is 33.5 Å². The van der Waals surface area contributed by atoms with Crippen molar-refractivity contribution in [2.75, 3.05) is 23.5 Å². The lowest BCUT2D eigenvalue weighted by molar-refractivity contribution is 0.301. The number of sulfonamides is 1. The summed E-state index contributed by atoms with van der Waals surface area (Å²) in [6.45, 7) is 0.331. The third kappa shape index (κ3) is 5.79. The quantitative estimate of drug-likeness (QED) is 0.310. The second-order valence-electron chi connectivity index (χ2n) is 7.67. The maximum atomic E-state index is 11.4. The van der Waals surface area contributed by atoms with E-state index in [1.165, 1.54) is 6.20 Å². The van der Waals surface area contributed by atoms with Gasteiger partial charge in [-0.2, -0.15) is 10.4 Å². The number of nitrogens with one attached hydrogen (secondary N) is 1. The first-order chi connectivity index (χ1) is 17.2. The third-order valence-corrected chi connectivity index (χ3v) is 5.95. The van der Waals surface area contributed by atoms with Gasteiger partial charge in [0.1, 0.15) is 30.7 Å². The topological polar surface area (TPSA) is 132 Å². The van der Waals surface area contributed by atoms with E-state index >= 15 is 0 Å². The van der Waals surface area contributed by atoms with Gasteiger partial charge >= 0.3 is 0 Å². The molecule has 0 unspecified atom stereocenters. The van der Waals surface area contributed by atoms with Crippen molar-refractivity contribution in [3.05, 3.63) is 58.9 Å². The van der Waals surface area contributed by atoms with Gasteiger partial charge in [0, 0.05) is 30.3 Å². The first kappa shape index (κ1) is 25.5. The van der Waals surface area contributed by atoms with Crippen molar-refractivity contribution in [2.45, 2.75) is 6.61 Å². The van der Waals surface area contributed by atoms with Crippen LogP contribution in [-0.4, -0.2) is 46.9 Å². The molecule has 0 aliphatic heterocycles. The Bertz CT molecular complexity index is 1580. The highest BCUT2D eigenvalue weighted by Crippen LogP contribution is 2.37. The fraction of sp³-hybridized carbons (Fsp3) is 0.217. The summed E-state index contributed by atoms with van der Waals surface area (Å²) in [6, 6.07) is 12.6. The van der Waals surface area contributed by atoms with Crippen LogP contribution in [0.25, 0.3) is 22.2 Å². The lowest BCUT2D eigenvalue weighted by Gasteiger charge is -2.10. The van der Waals surface area contributed by atoms with Gasteiger partial charge in [-0.05, 0) is 30.3 Å². The highest BCUT2D eigenvalue weighted by molar-refractivity contribution is 7.91. The van der Waals surface area contributed by atoms with E-state index in [-0.39, 0.29) is 30.6 Å². The average Bonchev–Trinajstić information content (AvgIpc) is 3.16. The number of rotatable bonds is 9. The molecular weight excluding hydrogens is 527 g/mol. The number of hydrogen-bond donors (Lipinski definition) is 1. The van der Waals surface area contributed by atoms with Gasteiger partial charge < -0.3 is 9.47 Å². The summed E-state index contributed by atoms with van der Waals surface area (Å²) in [7, 11) is -1.69. The zero-order valence-corrected chi connectivity index (χ0v) is 21.5. The van der Waals surface area contributed by atoms with E-state index in [9.17, 15) is 13.7 Å². The van der Waals surface area contributed by atoms with Gasteiger partial charge in [-0.3, -0.25) is 9.40 Å². The van der Waals surface area contributed by atoms with Crippen molar-refractivity contribution < 1.29 is 17.9 Å². The Labute approximate surface area is 217 Å². The molecule has 0 atom stereocenters. The maximum absolute atomic E-state index is 11.4. The Hall–Kier alpha value is -3.59. The number of aryl methyl sites for hydroxylation is 1. The molecule has 0 spiro atoms. The zero-order valence-electron chi connectivity index (χ0n) is 19.2. The number of nitrogens with zero attached hydrogens (tertiary/aromatic N) is 5. The lowest BCUT2D eigenvalue weighted by atomic mass is 10.0. The van der Waals surface area contributed by atoms with Crippen LogP contribution in [0.1, 0.15) is 11.3 Å². The molecule has 186 valence electrons. The first-order valence-electron chi connectivity index (χ1n) is 10.5. The number of hydrogen-bond acceptors (Lipinski definition) is 8. The first-order valence-corrected chi connectivity index (χ1v) is 13.3. The predicted molar refractivity (Wildman–Crippen MR) is 137 cm³/mol. The Morgan fingerprint density at radius 2 is 2.00 bits per heavy atom. The van der Waals surface area contributed by atoms with E-state index in [2.05, 4.69) is 25.9 Å². The monoisotopic (exact) mass is 546 g/mol. The molecule has 13 heteroatoms. The Balaban J connectivity index is 1.60. The zero-order chi connectivity index (χ0) is 25.9. The van der Waals surface area contributed by atoms with Crippen molar-refractivity contribution in [2.24, 2.45) is 7.05 Å². The van der Waals surface area contributed by atoms with Crippen molar-refractivity contribution in [1.82, 2.24) is 19.7 Å². The number of benzene rings is 2. The fourth-order valence-corrected chi connectivity index (χ4v) is 4.27. The number of nitriles is 1. The molecule has 0 saturated carbocycles. The predicted octanol–water partition coefficient (Wildman–Crippen LogP) is 4.12. The molecule has 2 aromatic heterocycles. The van der Waals surface area contributed by atoms with Gasteiger partial charge in [-0.1, -0.05) is 11.6 Å². The minimum Gasteiger partial charge on any atom is -0.489 e. The summed E-state index contributed by atoms with van der Waals surface area (Å²) in [4.78, 5) is 8.04. The fourth-order valence-electron chi connectivity index (χ4n) is 3.49. The van der Waals surface area contributed by atoms with Crippen molar-refractivity contribution >= 4 is 50.1 Å². The van der Waals surface area contributed by atoms with Crippen LogP contribution < -0.4 is 14.2 Å². The van der Waals surface area contributed by atoms with Crippen LogP contribution in [0, 0.1) is 11.3 Å². The van der Waals surface area contributed by atoms with Crippen molar-refractivity contribution in [1.29, 1.82) is 5.26 Å². The molecule has 0 radical (unpaired) electrons. The van der Waals surface area contributed by atoms with Gasteiger partial charge in [0.15, 0.2) is 5.75 Å². The molecule has 2 heterocycles. The van der Waals surface area contributed by atoms with Gasteiger partial charge in [-0.25, -0.2) is 18.4 Å². The number of alkyl halides is 1.